The van der Waals surface area contributed by atoms with Gasteiger partial charge in [-0.2, -0.15) is 0 Å². The van der Waals surface area contributed by atoms with E-state index in [0.29, 0.717) is 34.2 Å². The van der Waals surface area contributed by atoms with Gasteiger partial charge < -0.3 is 29.0 Å². The number of anilines is 1. The number of benzene rings is 3. The normalized spacial score (nSPS) is 16.6. The monoisotopic (exact) mass is 477 g/mol. The molecule has 0 saturated heterocycles. The molecule has 0 radical (unpaired) electrons. The predicted octanol–water partition coefficient (Wildman–Crippen LogP) is 3.60. The number of nitrogens with zero attached hydrogens (tertiary/aromatic N) is 1. The molecular weight excluding hydrogens is 450 g/mol. The summed E-state index contributed by atoms with van der Waals surface area (Å²) in [5, 5.41) is 11.5. The van der Waals surface area contributed by atoms with Crippen molar-refractivity contribution in [1.82, 2.24) is 0 Å². The molecule has 0 aliphatic carbocycles. The van der Waals surface area contributed by atoms with Crippen molar-refractivity contribution in [3.05, 3.63) is 77.9 Å². The minimum absolute atomic E-state index is 0.163. The Labute approximate surface area is 203 Å². The van der Waals surface area contributed by atoms with Crippen LogP contribution in [0.1, 0.15) is 22.3 Å². The Morgan fingerprint density at radius 2 is 1.57 bits per heavy atom. The smallest absolute Gasteiger partial charge is 0.264 e. The second kappa shape index (κ2) is 10.1. The number of amides is 1. The molecule has 0 bridgehead atoms. The number of aliphatic hydroxyl groups is 1. The van der Waals surface area contributed by atoms with Crippen molar-refractivity contribution in [3.63, 3.8) is 0 Å². The highest BCUT2D eigenvalue weighted by Gasteiger charge is 2.50. The van der Waals surface area contributed by atoms with Gasteiger partial charge in [0.2, 0.25) is 0 Å². The molecule has 1 aliphatic rings. The van der Waals surface area contributed by atoms with Gasteiger partial charge in [-0.1, -0.05) is 30.3 Å². The number of Topliss-reactive ketones (excluding diaryl/α,β-unsaturated/α-hetero) is 1. The summed E-state index contributed by atoms with van der Waals surface area (Å²) in [7, 11) is 4.51. The molecule has 8 nitrogen and oxygen atoms in total. The number of carbonyl (C=O) groups excluding carboxylic acids is 2. The highest BCUT2D eigenvalue weighted by Crippen LogP contribution is 2.43. The first-order valence-corrected chi connectivity index (χ1v) is 11.1. The lowest BCUT2D eigenvalue weighted by Crippen LogP contribution is -2.43. The van der Waals surface area contributed by atoms with E-state index in [1.807, 2.05) is 12.1 Å². The molecule has 0 fully saturated rings. The van der Waals surface area contributed by atoms with E-state index >= 15 is 0 Å². The Balaban J connectivity index is 1.56. The molecule has 182 valence electrons. The van der Waals surface area contributed by atoms with Gasteiger partial charge in [-0.3, -0.25) is 9.59 Å². The van der Waals surface area contributed by atoms with Gasteiger partial charge in [0.15, 0.2) is 22.9 Å². The SMILES string of the molecule is COc1ccc(C(=O)C[C@]2(O)C(=O)N(CCOc3ccccc3OC)c3ccccc32)c(OC)c1. The number of hydrogen-bond acceptors (Lipinski definition) is 7. The molecule has 0 aromatic heterocycles. The molecule has 0 spiro atoms. The van der Waals surface area contributed by atoms with Crippen LogP contribution in [0.15, 0.2) is 66.7 Å². The molecule has 1 aliphatic heterocycles. The summed E-state index contributed by atoms with van der Waals surface area (Å²) in [6.45, 7) is 0.340. The molecule has 35 heavy (non-hydrogen) atoms. The number of carbonyl (C=O) groups is 2. The fraction of sp³-hybridized carbons (Fsp3) is 0.259. The summed E-state index contributed by atoms with van der Waals surface area (Å²) in [4.78, 5) is 28.1. The first-order valence-electron chi connectivity index (χ1n) is 11.1. The first kappa shape index (κ1) is 24.1. The largest absolute Gasteiger partial charge is 0.497 e. The number of hydrogen-bond donors (Lipinski definition) is 1. The molecule has 0 unspecified atom stereocenters. The summed E-state index contributed by atoms with van der Waals surface area (Å²) < 4.78 is 21.6. The van der Waals surface area contributed by atoms with Crippen LogP contribution in [0.4, 0.5) is 5.69 Å². The minimum atomic E-state index is -2.01. The Morgan fingerprint density at radius 1 is 0.886 bits per heavy atom. The number of fused-ring (bicyclic) bond motifs is 1. The van der Waals surface area contributed by atoms with E-state index in [1.165, 1.54) is 19.1 Å². The van der Waals surface area contributed by atoms with E-state index in [1.54, 1.807) is 61.7 Å². The standard InChI is InChI=1S/C27H27NO7/c1-32-18-12-13-19(25(16-18)34-3)22(29)17-27(31)20-8-4-5-9-21(20)28(26(27)30)14-15-35-24-11-7-6-10-23(24)33-2/h4-13,16,31H,14-15,17H2,1-3H3/t27-/m1/s1. The van der Waals surface area contributed by atoms with Crippen LogP contribution in [0, 0.1) is 0 Å². The molecule has 4 rings (SSSR count). The number of rotatable bonds is 10. The molecule has 0 saturated carbocycles. The molecule has 1 N–H and O–H groups in total. The minimum Gasteiger partial charge on any atom is -0.497 e. The topological polar surface area (TPSA) is 94.5 Å². The van der Waals surface area contributed by atoms with E-state index in [4.69, 9.17) is 18.9 Å². The van der Waals surface area contributed by atoms with Crippen molar-refractivity contribution in [3.8, 4) is 23.0 Å². The van der Waals surface area contributed by atoms with Gasteiger partial charge >= 0.3 is 0 Å². The fourth-order valence-electron chi connectivity index (χ4n) is 4.24. The second-order valence-electron chi connectivity index (χ2n) is 8.00. The zero-order chi connectivity index (χ0) is 25.0. The Bertz CT molecular complexity index is 1240. The summed E-state index contributed by atoms with van der Waals surface area (Å²) in [5.41, 5.74) is -0.838. The maximum Gasteiger partial charge on any atom is 0.264 e. The van der Waals surface area contributed by atoms with Crippen LogP contribution in [0.3, 0.4) is 0 Å². The van der Waals surface area contributed by atoms with Gasteiger partial charge in [0.1, 0.15) is 18.1 Å². The second-order valence-corrected chi connectivity index (χ2v) is 8.00. The van der Waals surface area contributed by atoms with Gasteiger partial charge in [0.25, 0.3) is 5.91 Å². The average molecular weight is 478 g/mol. The number of ketones is 1. The molecule has 1 atom stereocenters. The summed E-state index contributed by atoms with van der Waals surface area (Å²) in [6.07, 6.45) is -0.435. The number of ether oxygens (including phenoxy) is 4. The Kier molecular flexibility index (Phi) is 6.93. The van der Waals surface area contributed by atoms with Crippen molar-refractivity contribution in [2.24, 2.45) is 0 Å². The Hall–Kier alpha value is -4.04. The quantitative estimate of drug-likeness (QED) is 0.446. The van der Waals surface area contributed by atoms with Gasteiger partial charge in [-0.15, -0.1) is 0 Å². The van der Waals surface area contributed by atoms with Crippen LogP contribution in [0.2, 0.25) is 0 Å². The van der Waals surface area contributed by atoms with E-state index in [2.05, 4.69) is 0 Å². The van der Waals surface area contributed by atoms with Crippen molar-refractivity contribution in [2.75, 3.05) is 39.4 Å². The van der Waals surface area contributed by atoms with Crippen molar-refractivity contribution < 1.29 is 33.6 Å². The lowest BCUT2D eigenvalue weighted by atomic mass is 9.88. The number of methoxy groups -OCH3 is 3. The first-order chi connectivity index (χ1) is 16.9. The molecule has 8 heteroatoms. The third kappa shape index (κ3) is 4.52. The van der Waals surface area contributed by atoms with Gasteiger partial charge in [0.05, 0.1) is 45.5 Å². The number of para-hydroxylation sites is 3. The van der Waals surface area contributed by atoms with Crippen LogP contribution < -0.4 is 23.8 Å². The average Bonchev–Trinajstić information content (AvgIpc) is 3.10. The summed E-state index contributed by atoms with van der Waals surface area (Å²) in [6, 6.07) is 18.9. The third-order valence-electron chi connectivity index (χ3n) is 6.01. The summed E-state index contributed by atoms with van der Waals surface area (Å²) in [5.74, 6) is 0.952. The predicted molar refractivity (Wildman–Crippen MR) is 130 cm³/mol. The van der Waals surface area contributed by atoms with E-state index in [0.717, 1.165) is 0 Å². The molecule has 3 aromatic carbocycles. The lowest BCUT2D eigenvalue weighted by Gasteiger charge is -2.23. The van der Waals surface area contributed by atoms with Gasteiger partial charge in [0, 0.05) is 11.6 Å². The maximum absolute atomic E-state index is 13.5. The van der Waals surface area contributed by atoms with Gasteiger partial charge in [-0.25, -0.2) is 0 Å². The van der Waals surface area contributed by atoms with Crippen molar-refractivity contribution in [2.45, 2.75) is 12.0 Å². The molecular formula is C27H27NO7. The highest BCUT2D eigenvalue weighted by atomic mass is 16.5. The van der Waals surface area contributed by atoms with Crippen molar-refractivity contribution >= 4 is 17.4 Å². The Morgan fingerprint density at radius 3 is 2.29 bits per heavy atom. The maximum atomic E-state index is 13.5. The van der Waals surface area contributed by atoms with Crippen LogP contribution in [-0.2, 0) is 10.4 Å². The lowest BCUT2D eigenvalue weighted by molar-refractivity contribution is -0.135. The van der Waals surface area contributed by atoms with E-state index in [-0.39, 0.29) is 18.7 Å². The molecule has 3 aromatic rings. The van der Waals surface area contributed by atoms with E-state index < -0.39 is 23.7 Å². The third-order valence-corrected chi connectivity index (χ3v) is 6.01. The van der Waals surface area contributed by atoms with Crippen molar-refractivity contribution in [1.29, 1.82) is 0 Å². The van der Waals surface area contributed by atoms with E-state index in [9.17, 15) is 14.7 Å². The van der Waals surface area contributed by atoms with Gasteiger partial charge in [-0.05, 0) is 30.3 Å². The van der Waals surface area contributed by atoms with Crippen LogP contribution in [0.25, 0.3) is 0 Å². The molecule has 1 heterocycles. The highest BCUT2D eigenvalue weighted by molar-refractivity contribution is 6.11. The van der Waals surface area contributed by atoms with Crippen LogP contribution >= 0.6 is 0 Å². The molecule has 1 amide bonds. The fourth-order valence-corrected chi connectivity index (χ4v) is 4.24. The summed E-state index contributed by atoms with van der Waals surface area (Å²) >= 11 is 0. The zero-order valence-corrected chi connectivity index (χ0v) is 19.8. The zero-order valence-electron chi connectivity index (χ0n) is 19.8. The van der Waals surface area contributed by atoms with Crippen LogP contribution in [0.5, 0.6) is 23.0 Å². The van der Waals surface area contributed by atoms with Crippen LogP contribution in [-0.4, -0.2) is 51.3 Å².